The summed E-state index contributed by atoms with van der Waals surface area (Å²) < 4.78 is 5.56. The topological polar surface area (TPSA) is 100 Å². The molecule has 0 saturated heterocycles. The van der Waals surface area contributed by atoms with E-state index < -0.39 is 18.0 Å². The summed E-state index contributed by atoms with van der Waals surface area (Å²) in [5.74, 6) is -0.462. The van der Waals surface area contributed by atoms with Crippen LogP contribution in [0.15, 0.2) is 5.16 Å². The first-order chi connectivity index (χ1) is 8.56. The maximum Gasteiger partial charge on any atom is 0.321 e. The van der Waals surface area contributed by atoms with Crippen LogP contribution in [-0.4, -0.2) is 42.1 Å². The fourth-order valence-electron chi connectivity index (χ4n) is 1.79. The minimum absolute atomic E-state index is 0.0408. The zero-order valence-corrected chi connectivity index (χ0v) is 10.6. The molecule has 18 heavy (non-hydrogen) atoms. The number of rotatable bonds is 3. The van der Waals surface area contributed by atoms with Gasteiger partial charge >= 0.3 is 6.03 Å². The van der Waals surface area contributed by atoms with Gasteiger partial charge in [0.05, 0.1) is 11.8 Å². The standard InChI is InChI=1S/C11H19N3O4/c1-7(10(15)13-11(16)12-2)18-9-5-3-8(14-17)4-6-9/h7,9,17H,3-6H2,1-2H3,(H2,12,13,15,16). The minimum atomic E-state index is -0.681. The second-order valence-electron chi connectivity index (χ2n) is 4.21. The largest absolute Gasteiger partial charge is 0.411 e. The Hall–Kier alpha value is -1.63. The molecule has 7 heteroatoms. The third kappa shape index (κ3) is 4.33. The normalized spacial score (nSPS) is 21.0. The smallest absolute Gasteiger partial charge is 0.321 e. The number of carbonyl (C=O) groups is 2. The third-order valence-corrected chi connectivity index (χ3v) is 2.88. The summed E-state index contributed by atoms with van der Waals surface area (Å²) in [5.41, 5.74) is 0.761. The SMILES string of the molecule is CNC(=O)NC(=O)C(C)OC1CCC(=NO)CC1. The van der Waals surface area contributed by atoms with Gasteiger partial charge in [0.2, 0.25) is 0 Å². The molecule has 0 heterocycles. The highest BCUT2D eigenvalue weighted by Crippen LogP contribution is 2.20. The van der Waals surface area contributed by atoms with Gasteiger partial charge in [-0.2, -0.15) is 0 Å². The molecule has 0 radical (unpaired) electrons. The van der Waals surface area contributed by atoms with E-state index in [2.05, 4.69) is 15.8 Å². The van der Waals surface area contributed by atoms with Gasteiger partial charge in [-0.3, -0.25) is 10.1 Å². The molecule has 0 aliphatic heterocycles. The number of hydrogen-bond acceptors (Lipinski definition) is 5. The van der Waals surface area contributed by atoms with Gasteiger partial charge in [0.1, 0.15) is 6.10 Å². The molecule has 0 spiro atoms. The first-order valence-corrected chi connectivity index (χ1v) is 5.94. The van der Waals surface area contributed by atoms with Crippen molar-refractivity contribution in [3.05, 3.63) is 0 Å². The lowest BCUT2D eigenvalue weighted by molar-refractivity contribution is -0.134. The van der Waals surface area contributed by atoms with Gasteiger partial charge in [0.25, 0.3) is 5.91 Å². The summed E-state index contributed by atoms with van der Waals surface area (Å²) in [6, 6.07) is -0.547. The maximum absolute atomic E-state index is 11.5. The number of urea groups is 1. The Morgan fingerprint density at radius 2 is 2.06 bits per heavy atom. The summed E-state index contributed by atoms with van der Waals surface area (Å²) in [4.78, 5) is 22.5. The lowest BCUT2D eigenvalue weighted by Crippen LogP contribution is -2.44. The van der Waals surface area contributed by atoms with Gasteiger partial charge in [0, 0.05) is 7.05 Å². The molecule has 1 aliphatic carbocycles. The van der Waals surface area contributed by atoms with E-state index in [1.807, 2.05) is 0 Å². The summed E-state index contributed by atoms with van der Waals surface area (Å²) in [7, 11) is 1.44. The van der Waals surface area contributed by atoms with Crippen molar-refractivity contribution in [1.29, 1.82) is 0 Å². The van der Waals surface area contributed by atoms with Gasteiger partial charge in [-0.25, -0.2) is 4.79 Å². The average Bonchev–Trinajstić information content (AvgIpc) is 2.39. The molecule has 1 saturated carbocycles. The first kappa shape index (κ1) is 14.4. The molecule has 0 aromatic carbocycles. The molecule has 3 amide bonds. The van der Waals surface area contributed by atoms with Crippen molar-refractivity contribution in [3.8, 4) is 0 Å². The highest BCUT2D eigenvalue weighted by atomic mass is 16.5. The Morgan fingerprint density at radius 3 is 2.56 bits per heavy atom. The van der Waals surface area contributed by atoms with E-state index in [0.717, 1.165) is 18.6 Å². The lowest BCUT2D eigenvalue weighted by atomic mass is 9.96. The van der Waals surface area contributed by atoms with Crippen LogP contribution in [0, 0.1) is 0 Å². The zero-order chi connectivity index (χ0) is 13.5. The summed E-state index contributed by atoms with van der Waals surface area (Å²) in [6.07, 6.45) is 2.06. The Morgan fingerprint density at radius 1 is 1.44 bits per heavy atom. The second kappa shape index (κ2) is 6.95. The Bertz CT molecular complexity index is 333. The van der Waals surface area contributed by atoms with Crippen molar-refractivity contribution in [1.82, 2.24) is 10.6 Å². The minimum Gasteiger partial charge on any atom is -0.411 e. The monoisotopic (exact) mass is 257 g/mol. The van der Waals surface area contributed by atoms with Gasteiger partial charge in [-0.05, 0) is 32.6 Å². The van der Waals surface area contributed by atoms with Crippen LogP contribution in [0.1, 0.15) is 32.6 Å². The van der Waals surface area contributed by atoms with Crippen molar-refractivity contribution >= 4 is 17.6 Å². The van der Waals surface area contributed by atoms with Gasteiger partial charge in [-0.15, -0.1) is 0 Å². The van der Waals surface area contributed by atoms with E-state index in [1.165, 1.54) is 7.05 Å². The highest BCUT2D eigenvalue weighted by Gasteiger charge is 2.24. The molecule has 1 fully saturated rings. The van der Waals surface area contributed by atoms with Crippen molar-refractivity contribution in [3.63, 3.8) is 0 Å². The van der Waals surface area contributed by atoms with Crippen LogP contribution in [-0.2, 0) is 9.53 Å². The van der Waals surface area contributed by atoms with E-state index >= 15 is 0 Å². The quantitative estimate of drug-likeness (QED) is 0.509. The number of imide groups is 1. The number of oxime groups is 1. The number of carbonyl (C=O) groups excluding carboxylic acids is 2. The summed E-state index contributed by atoms with van der Waals surface area (Å²) in [6.45, 7) is 1.61. The van der Waals surface area contributed by atoms with Crippen LogP contribution in [0.5, 0.6) is 0 Å². The number of ether oxygens (including phenoxy) is 1. The molecule has 102 valence electrons. The van der Waals surface area contributed by atoms with E-state index in [4.69, 9.17) is 9.94 Å². The Balaban J connectivity index is 2.34. The number of nitrogens with one attached hydrogen (secondary N) is 2. The average molecular weight is 257 g/mol. The molecule has 1 rings (SSSR count). The van der Waals surface area contributed by atoms with Crippen molar-refractivity contribution < 1.29 is 19.5 Å². The molecule has 3 N–H and O–H groups in total. The zero-order valence-electron chi connectivity index (χ0n) is 10.6. The number of hydrogen-bond donors (Lipinski definition) is 3. The Kier molecular flexibility index (Phi) is 5.57. The Labute approximate surface area is 106 Å². The molecule has 0 aromatic rings. The van der Waals surface area contributed by atoms with E-state index in [9.17, 15) is 9.59 Å². The molecule has 0 aromatic heterocycles. The molecular formula is C11H19N3O4. The van der Waals surface area contributed by atoms with Crippen LogP contribution in [0.2, 0.25) is 0 Å². The lowest BCUT2D eigenvalue weighted by Gasteiger charge is -2.25. The summed E-state index contributed by atoms with van der Waals surface area (Å²) in [5, 5.41) is 16.2. The van der Waals surface area contributed by atoms with E-state index in [-0.39, 0.29) is 6.10 Å². The highest BCUT2D eigenvalue weighted by molar-refractivity contribution is 5.96. The van der Waals surface area contributed by atoms with Gasteiger partial charge in [-0.1, -0.05) is 5.16 Å². The predicted molar refractivity (Wildman–Crippen MR) is 64.6 cm³/mol. The van der Waals surface area contributed by atoms with Gasteiger partial charge < -0.3 is 15.3 Å². The fourth-order valence-corrected chi connectivity index (χ4v) is 1.79. The molecule has 1 unspecified atom stereocenters. The van der Waals surface area contributed by atoms with Crippen LogP contribution < -0.4 is 10.6 Å². The first-order valence-electron chi connectivity index (χ1n) is 5.94. The maximum atomic E-state index is 11.5. The van der Waals surface area contributed by atoms with Crippen LogP contribution >= 0.6 is 0 Å². The van der Waals surface area contributed by atoms with Crippen molar-refractivity contribution in [2.75, 3.05) is 7.05 Å². The van der Waals surface area contributed by atoms with Crippen molar-refractivity contribution in [2.45, 2.75) is 44.8 Å². The number of amides is 3. The van der Waals surface area contributed by atoms with E-state index in [1.54, 1.807) is 6.92 Å². The van der Waals surface area contributed by atoms with Crippen molar-refractivity contribution in [2.24, 2.45) is 5.16 Å². The van der Waals surface area contributed by atoms with Gasteiger partial charge in [0.15, 0.2) is 0 Å². The summed E-state index contributed by atoms with van der Waals surface area (Å²) >= 11 is 0. The third-order valence-electron chi connectivity index (χ3n) is 2.88. The van der Waals surface area contributed by atoms with Crippen LogP contribution in [0.4, 0.5) is 4.79 Å². The molecule has 7 nitrogen and oxygen atoms in total. The molecule has 0 bridgehead atoms. The van der Waals surface area contributed by atoms with Crippen LogP contribution in [0.25, 0.3) is 0 Å². The molecular weight excluding hydrogens is 238 g/mol. The fraction of sp³-hybridized carbons (Fsp3) is 0.727. The van der Waals surface area contributed by atoms with E-state index in [0.29, 0.717) is 12.8 Å². The molecule has 1 aliphatic rings. The van der Waals surface area contributed by atoms with Crippen LogP contribution in [0.3, 0.4) is 0 Å². The number of nitrogens with zero attached hydrogens (tertiary/aromatic N) is 1. The molecule has 1 atom stereocenters. The predicted octanol–water partition coefficient (Wildman–Crippen LogP) is 0.620. The second-order valence-corrected chi connectivity index (χ2v) is 4.21.